The Kier molecular flexibility index (Phi) is 5.68. The lowest BCUT2D eigenvalue weighted by Gasteiger charge is -2.15. The molecular weight excluding hydrogens is 490 g/mol. The summed E-state index contributed by atoms with van der Waals surface area (Å²) < 4.78 is 4.46. The lowest BCUT2D eigenvalue weighted by atomic mass is 10.00. The molecule has 0 saturated heterocycles. The summed E-state index contributed by atoms with van der Waals surface area (Å²) in [6.45, 7) is 3.68. The van der Waals surface area contributed by atoms with Gasteiger partial charge in [-0.25, -0.2) is 9.98 Å². The van der Waals surface area contributed by atoms with Crippen molar-refractivity contribution >= 4 is 50.5 Å². The molecule has 0 bridgehead atoms. The number of nitrogens with one attached hydrogen (secondary N) is 1. The fourth-order valence-corrected chi connectivity index (χ4v) is 5.49. The van der Waals surface area contributed by atoms with Crippen molar-refractivity contribution in [1.29, 1.82) is 5.41 Å². The third kappa shape index (κ3) is 3.76. The van der Waals surface area contributed by atoms with Gasteiger partial charge in [0.2, 0.25) is 0 Å². The van der Waals surface area contributed by atoms with Crippen molar-refractivity contribution in [3.05, 3.63) is 140 Å². The van der Waals surface area contributed by atoms with E-state index in [1.807, 2.05) is 42.5 Å². The van der Waals surface area contributed by atoms with Crippen LogP contribution in [-0.4, -0.2) is 26.0 Å². The van der Waals surface area contributed by atoms with Gasteiger partial charge in [0.05, 0.1) is 27.8 Å². The van der Waals surface area contributed by atoms with Gasteiger partial charge in [-0.3, -0.25) is 9.81 Å². The molecule has 0 aliphatic heterocycles. The number of fused-ring (bicyclic) bond motifs is 7. The summed E-state index contributed by atoms with van der Waals surface area (Å²) in [5, 5.41) is 10.9. The van der Waals surface area contributed by atoms with Crippen molar-refractivity contribution < 1.29 is 0 Å². The molecule has 0 fully saturated rings. The number of nitrogens with zero attached hydrogens (tertiary/aromatic N) is 4. The lowest BCUT2D eigenvalue weighted by Crippen LogP contribution is -2.01. The van der Waals surface area contributed by atoms with Gasteiger partial charge in [0.25, 0.3) is 0 Å². The standard InChI is InChI=1S/C35H25N5/c1-2-3-10-21-37-35(36)25-17-18-29(27(23-25)24-12-5-4-6-13-24)40-28-15-8-7-14-26(28)33-30(40)19-20-31-34(33)38-32-16-9-11-22-39(31)32/h2-23,36H,1H2/b10-3+,36-35?,37-21?. The van der Waals surface area contributed by atoms with Crippen LogP contribution in [0.1, 0.15) is 5.56 Å². The minimum atomic E-state index is 0.200. The number of para-hydroxylation sites is 1. The first-order valence-electron chi connectivity index (χ1n) is 13.1. The highest BCUT2D eigenvalue weighted by Gasteiger charge is 2.20. The number of aromatic nitrogens is 3. The fraction of sp³-hybridized carbons (Fsp3) is 0. The zero-order chi connectivity index (χ0) is 27.1. The van der Waals surface area contributed by atoms with E-state index in [0.717, 1.165) is 60.9 Å². The van der Waals surface area contributed by atoms with Crippen LogP contribution in [0.5, 0.6) is 0 Å². The number of allylic oxidation sites excluding steroid dienone is 3. The number of pyridine rings is 1. The SMILES string of the molecule is C=C/C=C/C=NC(=N)c1ccc(-n2c3ccccc3c3c4nc5ccccn5c4ccc32)c(-c2ccccc2)c1. The van der Waals surface area contributed by atoms with E-state index in [-0.39, 0.29) is 5.84 Å². The molecule has 0 amide bonds. The van der Waals surface area contributed by atoms with E-state index in [4.69, 9.17) is 10.4 Å². The van der Waals surface area contributed by atoms with Crippen LogP contribution in [0.3, 0.4) is 0 Å². The Morgan fingerprint density at radius 2 is 1.60 bits per heavy atom. The van der Waals surface area contributed by atoms with Crippen LogP contribution in [0.2, 0.25) is 0 Å². The van der Waals surface area contributed by atoms with Crippen LogP contribution in [-0.2, 0) is 0 Å². The summed E-state index contributed by atoms with van der Waals surface area (Å²) in [5.41, 5.74) is 9.07. The Bertz CT molecular complexity index is 2140. The number of benzene rings is 4. The third-order valence-corrected chi connectivity index (χ3v) is 7.25. The number of hydrogen-bond donors (Lipinski definition) is 1. The highest BCUT2D eigenvalue weighted by atomic mass is 15.0. The molecule has 7 rings (SSSR count). The van der Waals surface area contributed by atoms with Crippen molar-refractivity contribution in [2.24, 2.45) is 4.99 Å². The molecule has 4 aromatic carbocycles. The summed E-state index contributed by atoms with van der Waals surface area (Å²) in [6, 6.07) is 35.4. The molecule has 3 aromatic heterocycles. The number of hydrogen-bond acceptors (Lipinski definition) is 2. The van der Waals surface area contributed by atoms with Gasteiger partial charge in [-0.05, 0) is 60.2 Å². The summed E-state index contributed by atoms with van der Waals surface area (Å²) >= 11 is 0. The van der Waals surface area contributed by atoms with Gasteiger partial charge in [0, 0.05) is 34.3 Å². The maximum absolute atomic E-state index is 8.60. The van der Waals surface area contributed by atoms with Gasteiger partial charge < -0.3 is 4.57 Å². The van der Waals surface area contributed by atoms with E-state index < -0.39 is 0 Å². The zero-order valence-electron chi connectivity index (χ0n) is 21.7. The van der Waals surface area contributed by atoms with Gasteiger partial charge in [-0.2, -0.15) is 0 Å². The quantitative estimate of drug-likeness (QED) is 0.140. The predicted molar refractivity (Wildman–Crippen MR) is 167 cm³/mol. The van der Waals surface area contributed by atoms with Gasteiger partial charge in [0.15, 0.2) is 5.84 Å². The average Bonchev–Trinajstić information content (AvgIpc) is 3.55. The molecule has 0 unspecified atom stereocenters. The molecule has 1 N–H and O–H groups in total. The van der Waals surface area contributed by atoms with Crippen LogP contribution >= 0.6 is 0 Å². The number of aliphatic imine (C=N–C) groups is 1. The second kappa shape index (κ2) is 9.64. The monoisotopic (exact) mass is 515 g/mol. The van der Waals surface area contributed by atoms with Gasteiger partial charge >= 0.3 is 0 Å². The van der Waals surface area contributed by atoms with E-state index >= 15 is 0 Å². The highest BCUT2D eigenvalue weighted by Crippen LogP contribution is 2.39. The number of imidazole rings is 1. The lowest BCUT2D eigenvalue weighted by molar-refractivity contribution is 1.18. The van der Waals surface area contributed by atoms with E-state index in [1.54, 1.807) is 24.4 Å². The van der Waals surface area contributed by atoms with Gasteiger partial charge in [0.1, 0.15) is 5.65 Å². The summed E-state index contributed by atoms with van der Waals surface area (Å²) in [7, 11) is 0. The molecule has 0 aliphatic rings. The van der Waals surface area contributed by atoms with E-state index in [0.29, 0.717) is 0 Å². The molecule has 190 valence electrons. The highest BCUT2D eigenvalue weighted by molar-refractivity contribution is 6.20. The van der Waals surface area contributed by atoms with Crippen molar-refractivity contribution in [2.75, 3.05) is 0 Å². The second-order valence-corrected chi connectivity index (χ2v) is 9.57. The molecule has 0 spiro atoms. The average molecular weight is 516 g/mol. The largest absolute Gasteiger partial charge is 0.309 e. The van der Waals surface area contributed by atoms with Gasteiger partial charge in [-0.15, -0.1) is 0 Å². The van der Waals surface area contributed by atoms with Crippen molar-refractivity contribution in [2.45, 2.75) is 0 Å². The third-order valence-electron chi connectivity index (χ3n) is 7.25. The Balaban J connectivity index is 1.52. The van der Waals surface area contributed by atoms with E-state index in [2.05, 4.69) is 87.4 Å². The van der Waals surface area contributed by atoms with Crippen molar-refractivity contribution in [1.82, 2.24) is 14.0 Å². The second-order valence-electron chi connectivity index (χ2n) is 9.57. The molecule has 7 aromatic rings. The minimum absolute atomic E-state index is 0.200. The van der Waals surface area contributed by atoms with E-state index in [9.17, 15) is 0 Å². The van der Waals surface area contributed by atoms with Crippen LogP contribution in [0.4, 0.5) is 0 Å². The maximum Gasteiger partial charge on any atom is 0.151 e. The normalized spacial score (nSPS) is 12.0. The number of amidine groups is 1. The molecule has 3 heterocycles. The molecule has 5 heteroatoms. The minimum Gasteiger partial charge on any atom is -0.309 e. The summed E-state index contributed by atoms with van der Waals surface area (Å²) in [6.07, 6.45) is 8.92. The summed E-state index contributed by atoms with van der Waals surface area (Å²) in [4.78, 5) is 9.37. The molecule has 0 atom stereocenters. The topological polar surface area (TPSA) is 58.4 Å². The predicted octanol–water partition coefficient (Wildman–Crippen LogP) is 8.39. The van der Waals surface area contributed by atoms with E-state index in [1.165, 1.54) is 0 Å². The van der Waals surface area contributed by atoms with Crippen LogP contribution < -0.4 is 0 Å². The molecule has 0 radical (unpaired) electrons. The molecule has 40 heavy (non-hydrogen) atoms. The molecule has 0 saturated carbocycles. The Hall–Kier alpha value is -5.55. The molecular formula is C35H25N5. The first-order valence-corrected chi connectivity index (χ1v) is 13.1. The fourth-order valence-electron chi connectivity index (χ4n) is 5.49. The van der Waals surface area contributed by atoms with Gasteiger partial charge in [-0.1, -0.05) is 73.3 Å². The maximum atomic E-state index is 8.60. The number of rotatable bonds is 5. The first-order chi connectivity index (χ1) is 19.7. The smallest absolute Gasteiger partial charge is 0.151 e. The van der Waals surface area contributed by atoms with Crippen LogP contribution in [0.15, 0.2) is 139 Å². The van der Waals surface area contributed by atoms with Crippen LogP contribution in [0.25, 0.3) is 55.3 Å². The van der Waals surface area contributed by atoms with Crippen molar-refractivity contribution in [3.8, 4) is 16.8 Å². The summed E-state index contributed by atoms with van der Waals surface area (Å²) in [5.74, 6) is 0.200. The Morgan fingerprint density at radius 3 is 2.48 bits per heavy atom. The van der Waals surface area contributed by atoms with Crippen LogP contribution in [0, 0.1) is 5.41 Å². The Morgan fingerprint density at radius 1 is 0.800 bits per heavy atom. The molecule has 0 aliphatic carbocycles. The zero-order valence-corrected chi connectivity index (χ0v) is 21.7. The van der Waals surface area contributed by atoms with Crippen molar-refractivity contribution in [3.63, 3.8) is 0 Å². The Labute approximate surface area is 231 Å². The first kappa shape index (κ1) is 23.6. The molecule has 5 nitrogen and oxygen atoms in total.